The maximum absolute atomic E-state index is 13.6. The molecule has 3 aliphatic rings. The zero-order valence-corrected chi connectivity index (χ0v) is 18.6. The Morgan fingerprint density at radius 2 is 1.88 bits per heavy atom. The number of hydrogen-bond acceptors (Lipinski definition) is 5. The molecule has 1 N–H and O–H groups in total. The second kappa shape index (κ2) is 9.14. The summed E-state index contributed by atoms with van der Waals surface area (Å²) in [6, 6.07) is 8.80. The fourth-order valence-electron chi connectivity index (χ4n) is 5.70. The van der Waals surface area contributed by atoms with Gasteiger partial charge in [0, 0.05) is 51.3 Å². The zero-order valence-electron chi connectivity index (χ0n) is 18.6. The van der Waals surface area contributed by atoms with Crippen molar-refractivity contribution in [2.24, 2.45) is 0 Å². The van der Waals surface area contributed by atoms with Crippen LogP contribution in [0.3, 0.4) is 0 Å². The van der Waals surface area contributed by atoms with Crippen LogP contribution in [0.15, 0.2) is 36.5 Å². The number of nitrogens with zero attached hydrogens (tertiary/aromatic N) is 4. The summed E-state index contributed by atoms with van der Waals surface area (Å²) >= 11 is 0. The highest BCUT2D eigenvalue weighted by Gasteiger charge is 2.48. The van der Waals surface area contributed by atoms with Crippen molar-refractivity contribution in [3.63, 3.8) is 0 Å². The van der Waals surface area contributed by atoms with Gasteiger partial charge in [0.25, 0.3) is 0 Å². The predicted molar refractivity (Wildman–Crippen MR) is 122 cm³/mol. The largest absolute Gasteiger partial charge is 0.349 e. The number of halogens is 1. The van der Waals surface area contributed by atoms with Crippen molar-refractivity contribution in [2.45, 2.75) is 62.9 Å². The van der Waals surface area contributed by atoms with Crippen LogP contribution in [-0.4, -0.2) is 52.5 Å². The fourth-order valence-corrected chi connectivity index (χ4v) is 5.70. The lowest BCUT2D eigenvalue weighted by atomic mass is 9.79. The molecular weight excluding hydrogens is 405 g/mol. The number of piperidine rings is 1. The van der Waals surface area contributed by atoms with Crippen LogP contribution in [-0.2, 0) is 11.3 Å². The molecule has 5 rings (SSSR count). The molecule has 2 atom stereocenters. The minimum Gasteiger partial charge on any atom is -0.349 e. The third kappa shape index (κ3) is 4.49. The zero-order chi connectivity index (χ0) is 22.0. The number of likely N-dealkylation sites (tertiary alicyclic amines) is 1. The Morgan fingerprint density at radius 1 is 1.06 bits per heavy atom. The van der Waals surface area contributed by atoms with E-state index in [9.17, 15) is 9.18 Å². The number of amides is 1. The van der Waals surface area contributed by atoms with E-state index in [2.05, 4.69) is 20.1 Å². The van der Waals surface area contributed by atoms with Crippen LogP contribution in [0.1, 0.15) is 62.1 Å². The third-order valence-electron chi connectivity index (χ3n) is 7.28. The molecule has 3 aliphatic heterocycles. The lowest BCUT2D eigenvalue weighted by Crippen LogP contribution is -2.52. The summed E-state index contributed by atoms with van der Waals surface area (Å²) < 4.78 is 13.6. The van der Waals surface area contributed by atoms with Crippen LogP contribution in [0.5, 0.6) is 0 Å². The summed E-state index contributed by atoms with van der Waals surface area (Å²) in [5, 5.41) is 3.38. The van der Waals surface area contributed by atoms with E-state index in [-0.39, 0.29) is 23.2 Å². The highest BCUT2D eigenvalue weighted by Crippen LogP contribution is 2.41. The molecule has 32 heavy (non-hydrogen) atoms. The minimum absolute atomic E-state index is 0.130. The number of benzene rings is 1. The Hall–Kier alpha value is -2.54. The maximum Gasteiger partial charge on any atom is 0.225 e. The number of anilines is 1. The van der Waals surface area contributed by atoms with Crippen molar-refractivity contribution in [1.82, 2.24) is 20.2 Å². The van der Waals surface area contributed by atoms with Gasteiger partial charge in [0.2, 0.25) is 11.9 Å². The van der Waals surface area contributed by atoms with Gasteiger partial charge in [-0.2, -0.15) is 0 Å². The van der Waals surface area contributed by atoms with Crippen molar-refractivity contribution >= 4 is 11.9 Å². The standard InChI is InChI=1S/C25H32FN5O/c26-20-9-7-19(8-10-20)22-17-30(18-25(22)12-3-2-6-23(32)29-25)16-21-11-13-27-24(28-21)31-14-4-1-5-15-31/h7-11,13,22H,1-6,12,14-18H2,(H,29,32)/t22-,25+/m0/s1. The number of hydrogen-bond donors (Lipinski definition) is 1. The van der Waals surface area contributed by atoms with E-state index in [0.717, 1.165) is 69.2 Å². The molecule has 1 spiro atoms. The van der Waals surface area contributed by atoms with Crippen LogP contribution < -0.4 is 10.2 Å². The highest BCUT2D eigenvalue weighted by molar-refractivity contribution is 5.77. The van der Waals surface area contributed by atoms with Crippen LogP contribution in [0.25, 0.3) is 0 Å². The maximum atomic E-state index is 13.6. The number of nitrogens with one attached hydrogen (secondary N) is 1. The monoisotopic (exact) mass is 437 g/mol. The average Bonchev–Trinajstić information content (AvgIpc) is 3.03. The van der Waals surface area contributed by atoms with E-state index < -0.39 is 0 Å². The van der Waals surface area contributed by atoms with Crippen molar-refractivity contribution in [1.29, 1.82) is 0 Å². The number of aromatic nitrogens is 2. The quantitative estimate of drug-likeness (QED) is 0.792. The molecule has 0 bridgehead atoms. The Balaban J connectivity index is 1.38. The van der Waals surface area contributed by atoms with Gasteiger partial charge in [0.05, 0.1) is 11.2 Å². The van der Waals surface area contributed by atoms with Gasteiger partial charge in [-0.1, -0.05) is 18.6 Å². The first-order valence-electron chi connectivity index (χ1n) is 12.0. The highest BCUT2D eigenvalue weighted by atomic mass is 19.1. The molecule has 1 aromatic heterocycles. The molecule has 3 fully saturated rings. The first-order valence-corrected chi connectivity index (χ1v) is 12.0. The molecule has 4 heterocycles. The van der Waals surface area contributed by atoms with Gasteiger partial charge >= 0.3 is 0 Å². The molecule has 0 radical (unpaired) electrons. The van der Waals surface area contributed by atoms with Crippen LogP contribution in [0.4, 0.5) is 10.3 Å². The van der Waals surface area contributed by atoms with Crippen LogP contribution >= 0.6 is 0 Å². The van der Waals surface area contributed by atoms with Gasteiger partial charge in [-0.25, -0.2) is 14.4 Å². The van der Waals surface area contributed by atoms with Crippen molar-refractivity contribution in [2.75, 3.05) is 31.1 Å². The van der Waals surface area contributed by atoms with Gasteiger partial charge < -0.3 is 10.2 Å². The molecular formula is C25H32FN5O. The van der Waals surface area contributed by atoms with Gasteiger partial charge in [-0.3, -0.25) is 9.69 Å². The smallest absolute Gasteiger partial charge is 0.225 e. The summed E-state index contributed by atoms with van der Waals surface area (Å²) in [6.45, 7) is 4.36. The second-order valence-corrected chi connectivity index (χ2v) is 9.58. The molecule has 170 valence electrons. The van der Waals surface area contributed by atoms with Gasteiger partial charge in [-0.15, -0.1) is 0 Å². The van der Waals surface area contributed by atoms with Gasteiger partial charge in [0.15, 0.2) is 0 Å². The SMILES string of the molecule is O=C1CCCC[C@]2(CN(Cc3ccnc(N4CCCCC4)n3)C[C@H]2c2ccc(F)cc2)N1. The van der Waals surface area contributed by atoms with Crippen LogP contribution in [0.2, 0.25) is 0 Å². The fraction of sp³-hybridized carbons (Fsp3) is 0.560. The first kappa shape index (κ1) is 21.3. The molecule has 1 aromatic carbocycles. The Bertz CT molecular complexity index is 946. The molecule has 0 saturated carbocycles. The summed E-state index contributed by atoms with van der Waals surface area (Å²) in [6.07, 6.45) is 9.02. The van der Waals surface area contributed by atoms with Gasteiger partial charge in [0.1, 0.15) is 5.82 Å². The third-order valence-corrected chi connectivity index (χ3v) is 7.28. The number of carbonyl (C=O) groups excluding carboxylic acids is 1. The molecule has 3 saturated heterocycles. The van der Waals surface area contributed by atoms with E-state index in [4.69, 9.17) is 4.98 Å². The van der Waals surface area contributed by atoms with E-state index >= 15 is 0 Å². The molecule has 6 nitrogen and oxygen atoms in total. The van der Waals surface area contributed by atoms with E-state index in [0.29, 0.717) is 6.42 Å². The summed E-state index contributed by atoms with van der Waals surface area (Å²) in [5.74, 6) is 0.863. The molecule has 1 amide bonds. The topological polar surface area (TPSA) is 61.4 Å². The molecule has 7 heteroatoms. The summed E-state index contributed by atoms with van der Waals surface area (Å²) in [5.41, 5.74) is 1.79. The van der Waals surface area contributed by atoms with E-state index in [1.807, 2.05) is 24.4 Å². The molecule has 2 aromatic rings. The van der Waals surface area contributed by atoms with Crippen molar-refractivity contribution in [3.05, 3.63) is 53.6 Å². The van der Waals surface area contributed by atoms with E-state index in [1.165, 1.54) is 31.4 Å². The minimum atomic E-state index is -0.311. The molecule has 0 aliphatic carbocycles. The Morgan fingerprint density at radius 3 is 2.69 bits per heavy atom. The Labute approximate surface area is 189 Å². The molecule has 0 unspecified atom stereocenters. The normalized spacial score (nSPS) is 26.8. The van der Waals surface area contributed by atoms with Gasteiger partial charge in [-0.05, 0) is 55.9 Å². The van der Waals surface area contributed by atoms with Crippen molar-refractivity contribution in [3.8, 4) is 0 Å². The van der Waals surface area contributed by atoms with Crippen LogP contribution in [0, 0.1) is 5.82 Å². The summed E-state index contributed by atoms with van der Waals surface area (Å²) in [7, 11) is 0. The predicted octanol–water partition coefficient (Wildman–Crippen LogP) is 3.63. The lowest BCUT2D eigenvalue weighted by Gasteiger charge is -2.35. The van der Waals surface area contributed by atoms with E-state index in [1.54, 1.807) is 0 Å². The average molecular weight is 438 g/mol. The Kier molecular flexibility index (Phi) is 6.09. The summed E-state index contributed by atoms with van der Waals surface area (Å²) in [4.78, 5) is 26.6. The second-order valence-electron chi connectivity index (χ2n) is 9.58. The lowest BCUT2D eigenvalue weighted by molar-refractivity contribution is -0.122. The first-order chi connectivity index (χ1) is 15.6. The number of rotatable bonds is 4. The number of carbonyl (C=O) groups is 1. The van der Waals surface area contributed by atoms with Crippen molar-refractivity contribution < 1.29 is 9.18 Å².